The summed E-state index contributed by atoms with van der Waals surface area (Å²) in [5, 5.41) is 0. The Labute approximate surface area is 162 Å². The molecule has 2 aromatic rings. The van der Waals surface area contributed by atoms with Crippen molar-refractivity contribution in [1.82, 2.24) is 0 Å². The summed E-state index contributed by atoms with van der Waals surface area (Å²) in [5.74, 6) is -1.66. The zero-order valence-electron chi connectivity index (χ0n) is 14.5. The second kappa shape index (κ2) is 4.99. The first-order valence-corrected chi connectivity index (χ1v) is 9.66. The van der Waals surface area contributed by atoms with E-state index in [1.165, 1.54) is 0 Å². The zero-order chi connectivity index (χ0) is 18.4. The lowest BCUT2D eigenvalue weighted by molar-refractivity contribution is -0.129. The van der Waals surface area contributed by atoms with E-state index in [2.05, 4.69) is 0 Å². The number of aryl methyl sites for hydroxylation is 2. The van der Waals surface area contributed by atoms with Gasteiger partial charge in [0.15, 0.2) is 11.6 Å². The third-order valence-corrected chi connectivity index (χ3v) is 7.76. The summed E-state index contributed by atoms with van der Waals surface area (Å²) in [6, 6.07) is 15.8. The maximum absolute atomic E-state index is 13.2. The largest absolute Gasteiger partial charge is 0.297 e. The molecule has 3 aliphatic carbocycles. The van der Waals surface area contributed by atoms with Gasteiger partial charge in [-0.15, -0.1) is 23.2 Å². The zero-order valence-corrected chi connectivity index (χ0v) is 16.0. The summed E-state index contributed by atoms with van der Waals surface area (Å²) in [5.41, 5.74) is 4.17. The van der Waals surface area contributed by atoms with E-state index in [0.29, 0.717) is 0 Å². The SMILES string of the molecule is Cc1ccc(C2C3C(=O)C4(Cl)C(C(=O)C32Cl)C4c2ccc(C)cc2)cc1. The molecular formula is C22H18Cl2O2. The van der Waals surface area contributed by atoms with E-state index >= 15 is 0 Å². The number of ketones is 2. The molecule has 0 radical (unpaired) electrons. The summed E-state index contributed by atoms with van der Waals surface area (Å²) >= 11 is 13.5. The van der Waals surface area contributed by atoms with Crippen molar-refractivity contribution in [2.75, 3.05) is 0 Å². The quantitative estimate of drug-likeness (QED) is 0.712. The Hall–Kier alpha value is -1.64. The Morgan fingerprint density at radius 1 is 0.615 bits per heavy atom. The van der Waals surface area contributed by atoms with Crippen molar-refractivity contribution in [3.63, 3.8) is 0 Å². The maximum Gasteiger partial charge on any atom is 0.161 e. The van der Waals surface area contributed by atoms with Crippen LogP contribution >= 0.6 is 23.2 Å². The van der Waals surface area contributed by atoms with Gasteiger partial charge in [0.2, 0.25) is 0 Å². The minimum Gasteiger partial charge on any atom is -0.297 e. The first-order chi connectivity index (χ1) is 12.3. The molecule has 5 rings (SSSR count). The van der Waals surface area contributed by atoms with Crippen LogP contribution in [-0.4, -0.2) is 21.3 Å². The minimum absolute atomic E-state index is 0.0603. The van der Waals surface area contributed by atoms with Gasteiger partial charge >= 0.3 is 0 Å². The van der Waals surface area contributed by atoms with Crippen LogP contribution in [0.2, 0.25) is 0 Å². The van der Waals surface area contributed by atoms with E-state index in [1.54, 1.807) is 0 Å². The van der Waals surface area contributed by atoms with Crippen molar-refractivity contribution < 1.29 is 9.59 Å². The van der Waals surface area contributed by atoms with Crippen molar-refractivity contribution in [3.05, 3.63) is 70.8 Å². The molecular weight excluding hydrogens is 367 g/mol. The third-order valence-electron chi connectivity index (χ3n) is 6.45. The topological polar surface area (TPSA) is 34.1 Å². The number of carbonyl (C=O) groups excluding carboxylic acids is 2. The third kappa shape index (κ3) is 1.84. The normalized spacial score (nSPS) is 40.0. The number of Topliss-reactive ketones (excluding diaryl/α,β-unsaturated/α-hetero) is 2. The highest BCUT2D eigenvalue weighted by Crippen LogP contribution is 2.78. The van der Waals surface area contributed by atoms with Crippen LogP contribution < -0.4 is 0 Å². The standard InChI is InChI=1S/C22H18Cl2O2/c1-11-3-7-13(8-4-11)15-17-19(25)22(24)16(14-9-5-12(2)6-10-14)18(22)20(26)21(15,17)23/h3-10,15-18H,1-2H3. The Bertz CT molecular complexity index is 870. The summed E-state index contributed by atoms with van der Waals surface area (Å²) < 4.78 is 0. The summed E-state index contributed by atoms with van der Waals surface area (Å²) in [7, 11) is 0. The molecule has 0 heterocycles. The summed E-state index contributed by atoms with van der Waals surface area (Å²) in [6.45, 7) is 4.01. The molecule has 0 spiro atoms. The molecule has 0 aromatic heterocycles. The smallest absolute Gasteiger partial charge is 0.161 e. The number of hydrogen-bond donors (Lipinski definition) is 0. The van der Waals surface area contributed by atoms with Crippen molar-refractivity contribution >= 4 is 34.8 Å². The lowest BCUT2D eigenvalue weighted by Crippen LogP contribution is -2.37. The highest BCUT2D eigenvalue weighted by atomic mass is 35.5. The number of hydrogen-bond acceptors (Lipinski definition) is 2. The Morgan fingerprint density at radius 2 is 0.923 bits per heavy atom. The average Bonchev–Trinajstić information content (AvgIpc) is 3.46. The average molecular weight is 385 g/mol. The molecule has 0 bridgehead atoms. The van der Waals surface area contributed by atoms with Gasteiger partial charge in [-0.05, 0) is 25.0 Å². The van der Waals surface area contributed by atoms with Gasteiger partial charge in [-0.3, -0.25) is 9.59 Å². The molecule has 3 aliphatic rings. The van der Waals surface area contributed by atoms with Gasteiger partial charge in [0.05, 0.1) is 11.8 Å². The predicted molar refractivity (Wildman–Crippen MR) is 102 cm³/mol. The molecule has 0 aliphatic heterocycles. The van der Waals surface area contributed by atoms with E-state index in [-0.39, 0.29) is 23.4 Å². The van der Waals surface area contributed by atoms with Crippen molar-refractivity contribution in [1.29, 1.82) is 0 Å². The van der Waals surface area contributed by atoms with E-state index in [1.807, 2.05) is 62.4 Å². The molecule has 0 amide bonds. The van der Waals surface area contributed by atoms with Gasteiger partial charge in [0.1, 0.15) is 9.75 Å². The molecule has 26 heavy (non-hydrogen) atoms. The molecule has 2 nitrogen and oxygen atoms in total. The number of fused-ring (bicyclic) bond motifs is 2. The number of halogens is 2. The van der Waals surface area contributed by atoms with Crippen LogP contribution in [0.1, 0.15) is 34.1 Å². The Kier molecular flexibility index (Phi) is 3.17. The highest BCUT2D eigenvalue weighted by Gasteiger charge is 2.88. The van der Waals surface area contributed by atoms with Gasteiger partial charge in [0.25, 0.3) is 0 Å². The lowest BCUT2D eigenvalue weighted by Gasteiger charge is -2.16. The summed E-state index contributed by atoms with van der Waals surface area (Å²) in [4.78, 5) is 24.2. The van der Waals surface area contributed by atoms with Crippen LogP contribution in [-0.2, 0) is 9.59 Å². The molecule has 0 N–H and O–H groups in total. The van der Waals surface area contributed by atoms with Crippen LogP contribution in [0.15, 0.2) is 48.5 Å². The first-order valence-electron chi connectivity index (χ1n) is 8.91. The highest BCUT2D eigenvalue weighted by molar-refractivity contribution is 6.52. The predicted octanol–water partition coefficient (Wildman–Crippen LogP) is 4.54. The molecule has 3 fully saturated rings. The first kappa shape index (κ1) is 16.5. The number of benzene rings is 2. The van der Waals surface area contributed by atoms with Crippen molar-refractivity contribution in [2.45, 2.75) is 35.4 Å². The maximum atomic E-state index is 13.2. The minimum atomic E-state index is -1.12. The van der Waals surface area contributed by atoms with Gasteiger partial charge in [-0.2, -0.15) is 0 Å². The van der Waals surface area contributed by atoms with Crippen LogP contribution in [0.25, 0.3) is 0 Å². The monoisotopic (exact) mass is 384 g/mol. The molecule has 0 saturated heterocycles. The number of rotatable bonds is 2. The van der Waals surface area contributed by atoms with E-state index in [4.69, 9.17) is 23.2 Å². The van der Waals surface area contributed by atoms with Crippen LogP contribution in [0.4, 0.5) is 0 Å². The van der Waals surface area contributed by atoms with Gasteiger partial charge in [-0.25, -0.2) is 0 Å². The molecule has 6 unspecified atom stereocenters. The van der Waals surface area contributed by atoms with Crippen LogP contribution in [0, 0.1) is 25.7 Å². The Morgan fingerprint density at radius 3 is 1.23 bits per heavy atom. The fourth-order valence-corrected chi connectivity index (χ4v) is 5.97. The molecule has 4 heteroatoms. The van der Waals surface area contributed by atoms with Gasteiger partial charge in [0, 0.05) is 11.8 Å². The summed E-state index contributed by atoms with van der Waals surface area (Å²) in [6.07, 6.45) is 0. The van der Waals surface area contributed by atoms with E-state index in [0.717, 1.165) is 22.3 Å². The number of alkyl halides is 2. The fourth-order valence-electron chi connectivity index (χ4n) is 4.91. The van der Waals surface area contributed by atoms with Crippen molar-refractivity contribution in [3.8, 4) is 0 Å². The second-order valence-electron chi connectivity index (χ2n) is 8.00. The second-order valence-corrected chi connectivity index (χ2v) is 9.25. The fraction of sp³-hybridized carbons (Fsp3) is 0.364. The molecule has 3 saturated carbocycles. The number of carbonyl (C=O) groups is 2. The van der Waals surface area contributed by atoms with Gasteiger partial charge < -0.3 is 0 Å². The molecule has 132 valence electrons. The van der Waals surface area contributed by atoms with Crippen LogP contribution in [0.5, 0.6) is 0 Å². The Balaban J connectivity index is 1.52. The van der Waals surface area contributed by atoms with E-state index < -0.39 is 21.6 Å². The van der Waals surface area contributed by atoms with Gasteiger partial charge in [-0.1, -0.05) is 59.7 Å². The van der Waals surface area contributed by atoms with E-state index in [9.17, 15) is 9.59 Å². The lowest BCUT2D eigenvalue weighted by atomic mass is 9.97. The molecule has 6 atom stereocenters. The van der Waals surface area contributed by atoms with Crippen LogP contribution in [0.3, 0.4) is 0 Å². The van der Waals surface area contributed by atoms with Crippen molar-refractivity contribution in [2.24, 2.45) is 11.8 Å². The molecule has 2 aromatic carbocycles.